The van der Waals surface area contributed by atoms with Crippen LogP contribution in [0.2, 0.25) is 10.0 Å². The molecule has 2 aromatic carbocycles. The summed E-state index contributed by atoms with van der Waals surface area (Å²) in [4.78, 5) is 13.7. The molecule has 1 saturated heterocycles. The molecule has 1 heterocycles. The third-order valence-corrected chi connectivity index (χ3v) is 7.77. The first kappa shape index (κ1) is 27.5. The normalized spacial score (nSPS) is 24.4. The van der Waals surface area contributed by atoms with Crippen molar-refractivity contribution >= 4 is 29.1 Å². The number of benzene rings is 2. The Balaban J connectivity index is 2.17. The molecule has 0 bridgehead atoms. The molecule has 6 heteroatoms. The molecule has 4 nitrogen and oxygen atoms in total. The summed E-state index contributed by atoms with van der Waals surface area (Å²) in [7, 11) is 0. The lowest BCUT2D eigenvalue weighted by molar-refractivity contribution is -0.123. The summed E-state index contributed by atoms with van der Waals surface area (Å²) >= 11 is 12.6. The first-order chi connectivity index (χ1) is 16.6. The fourth-order valence-electron chi connectivity index (χ4n) is 5.39. The third kappa shape index (κ3) is 6.02. The van der Waals surface area contributed by atoms with Gasteiger partial charge in [0.15, 0.2) is 0 Å². The van der Waals surface area contributed by atoms with Gasteiger partial charge in [0.2, 0.25) is 5.91 Å². The van der Waals surface area contributed by atoms with Crippen LogP contribution in [-0.4, -0.2) is 24.5 Å². The van der Waals surface area contributed by atoms with Gasteiger partial charge in [-0.1, -0.05) is 94.9 Å². The van der Waals surface area contributed by atoms with Crippen LogP contribution >= 0.6 is 23.2 Å². The minimum Gasteiger partial charge on any atom is -0.354 e. The van der Waals surface area contributed by atoms with E-state index in [2.05, 4.69) is 51.3 Å². The highest BCUT2D eigenvalue weighted by atomic mass is 35.5. The summed E-state index contributed by atoms with van der Waals surface area (Å²) in [6.45, 7) is 11.4. The van der Waals surface area contributed by atoms with Crippen LogP contribution in [0.3, 0.4) is 0 Å². The largest absolute Gasteiger partial charge is 0.354 e. The summed E-state index contributed by atoms with van der Waals surface area (Å²) in [5.74, 6) is -0.0827. The predicted octanol–water partition coefficient (Wildman–Crippen LogP) is 6.87. The Morgan fingerprint density at radius 2 is 1.77 bits per heavy atom. The van der Waals surface area contributed by atoms with Gasteiger partial charge in [0.1, 0.15) is 5.41 Å². The van der Waals surface area contributed by atoms with E-state index in [-0.39, 0.29) is 17.4 Å². The molecular formula is C29H37Cl2N3O. The molecule has 0 aliphatic carbocycles. The zero-order valence-corrected chi connectivity index (χ0v) is 22.9. The van der Waals surface area contributed by atoms with Crippen molar-refractivity contribution in [1.29, 1.82) is 5.26 Å². The summed E-state index contributed by atoms with van der Waals surface area (Å²) in [5, 5.41) is 18.9. The summed E-state index contributed by atoms with van der Waals surface area (Å²) in [5.41, 5.74) is 0.679. The highest BCUT2D eigenvalue weighted by molar-refractivity contribution is 6.30. The molecular weight excluding hydrogens is 477 g/mol. The zero-order valence-electron chi connectivity index (χ0n) is 21.4. The Bertz CT molecular complexity index is 1050. The fraction of sp³-hybridized carbons (Fsp3) is 0.517. The molecule has 1 amide bonds. The Morgan fingerprint density at radius 3 is 2.31 bits per heavy atom. The number of nitrogens with one attached hydrogen (secondary N) is 2. The smallest absolute Gasteiger partial charge is 0.237 e. The first-order valence-corrected chi connectivity index (χ1v) is 13.3. The second-order valence-electron chi connectivity index (χ2n) is 10.9. The fourth-order valence-corrected chi connectivity index (χ4v) is 5.71. The maximum absolute atomic E-state index is 13.7. The van der Waals surface area contributed by atoms with Crippen molar-refractivity contribution in [2.45, 2.75) is 77.3 Å². The highest BCUT2D eigenvalue weighted by Crippen LogP contribution is 2.51. The zero-order chi connectivity index (χ0) is 25.8. The van der Waals surface area contributed by atoms with Gasteiger partial charge < -0.3 is 10.6 Å². The van der Waals surface area contributed by atoms with Crippen molar-refractivity contribution in [3.63, 3.8) is 0 Å². The molecule has 0 aromatic heterocycles. The van der Waals surface area contributed by atoms with Gasteiger partial charge in [0, 0.05) is 28.5 Å². The van der Waals surface area contributed by atoms with Crippen LogP contribution in [0.1, 0.15) is 70.9 Å². The molecule has 1 fully saturated rings. The SMILES string of the molecule is CCC(CC)CNC(=O)C1NC(CC(C)(C)C)C(C#N)(c2ccc(Cl)cc2)C1c1cccc(Cl)c1. The number of rotatable bonds is 8. The van der Waals surface area contributed by atoms with Crippen molar-refractivity contribution in [1.82, 2.24) is 10.6 Å². The van der Waals surface area contributed by atoms with E-state index in [0.717, 1.165) is 30.4 Å². The lowest BCUT2D eigenvalue weighted by Crippen LogP contribution is -2.46. The number of carbonyl (C=O) groups excluding carboxylic acids is 1. The molecule has 2 aromatic rings. The highest BCUT2D eigenvalue weighted by Gasteiger charge is 2.59. The Morgan fingerprint density at radius 1 is 1.11 bits per heavy atom. The van der Waals surface area contributed by atoms with E-state index in [1.165, 1.54) is 0 Å². The molecule has 0 saturated carbocycles. The maximum atomic E-state index is 13.7. The quantitative estimate of drug-likeness (QED) is 0.404. The van der Waals surface area contributed by atoms with Crippen LogP contribution in [0, 0.1) is 22.7 Å². The number of nitriles is 1. The molecule has 1 aliphatic rings. The van der Waals surface area contributed by atoms with Gasteiger partial charge in [-0.05, 0) is 53.1 Å². The number of hydrogen-bond donors (Lipinski definition) is 2. The Hall–Kier alpha value is -2.06. The molecule has 4 atom stereocenters. The molecule has 0 spiro atoms. The number of nitrogens with zero attached hydrogens (tertiary/aromatic N) is 1. The molecule has 1 aliphatic heterocycles. The molecule has 188 valence electrons. The van der Waals surface area contributed by atoms with Crippen molar-refractivity contribution < 1.29 is 4.79 Å². The van der Waals surface area contributed by atoms with Crippen molar-refractivity contribution in [2.24, 2.45) is 11.3 Å². The minimum atomic E-state index is -0.987. The number of hydrogen-bond acceptors (Lipinski definition) is 3. The molecule has 35 heavy (non-hydrogen) atoms. The van der Waals surface area contributed by atoms with Crippen LogP contribution in [0.15, 0.2) is 48.5 Å². The third-order valence-electron chi connectivity index (χ3n) is 7.29. The number of halogens is 2. The summed E-state index contributed by atoms with van der Waals surface area (Å²) in [6, 6.07) is 16.9. The lowest BCUT2D eigenvalue weighted by Gasteiger charge is -2.37. The van der Waals surface area contributed by atoms with Gasteiger partial charge in [0.05, 0.1) is 12.1 Å². The lowest BCUT2D eigenvalue weighted by atomic mass is 9.63. The Kier molecular flexibility index (Phi) is 8.91. The average Bonchev–Trinajstić information content (AvgIpc) is 3.13. The van der Waals surface area contributed by atoms with E-state index in [1.54, 1.807) is 0 Å². The summed E-state index contributed by atoms with van der Waals surface area (Å²) < 4.78 is 0. The van der Waals surface area contributed by atoms with Gasteiger partial charge in [0.25, 0.3) is 0 Å². The van der Waals surface area contributed by atoms with Crippen molar-refractivity contribution in [3.05, 3.63) is 69.7 Å². The van der Waals surface area contributed by atoms with Crippen LogP contribution in [-0.2, 0) is 10.2 Å². The van der Waals surface area contributed by atoms with Gasteiger partial charge >= 0.3 is 0 Å². The van der Waals surface area contributed by atoms with Crippen LogP contribution in [0.5, 0.6) is 0 Å². The van der Waals surface area contributed by atoms with Crippen LogP contribution in [0.25, 0.3) is 0 Å². The topological polar surface area (TPSA) is 64.9 Å². The van der Waals surface area contributed by atoms with Gasteiger partial charge in [-0.25, -0.2) is 0 Å². The summed E-state index contributed by atoms with van der Waals surface area (Å²) in [6.07, 6.45) is 2.73. The van der Waals surface area contributed by atoms with Gasteiger partial charge in [-0.3, -0.25) is 4.79 Å². The predicted molar refractivity (Wildman–Crippen MR) is 145 cm³/mol. The Labute approximate surface area is 220 Å². The van der Waals surface area contributed by atoms with Gasteiger partial charge in [-0.15, -0.1) is 0 Å². The maximum Gasteiger partial charge on any atom is 0.237 e. The van der Waals surface area contributed by atoms with Gasteiger partial charge in [-0.2, -0.15) is 5.26 Å². The van der Waals surface area contributed by atoms with E-state index < -0.39 is 17.4 Å². The van der Waals surface area contributed by atoms with Crippen LogP contribution < -0.4 is 10.6 Å². The molecule has 2 N–H and O–H groups in total. The van der Waals surface area contributed by atoms with Crippen molar-refractivity contribution in [2.75, 3.05) is 6.54 Å². The van der Waals surface area contributed by atoms with E-state index in [0.29, 0.717) is 22.5 Å². The second-order valence-corrected chi connectivity index (χ2v) is 11.8. The minimum absolute atomic E-state index is 0.0635. The molecule has 4 unspecified atom stereocenters. The second kappa shape index (κ2) is 11.3. The van der Waals surface area contributed by atoms with Crippen LogP contribution in [0.4, 0.5) is 0 Å². The first-order valence-electron chi connectivity index (χ1n) is 12.5. The molecule has 3 rings (SSSR count). The average molecular weight is 515 g/mol. The van der Waals surface area contributed by atoms with E-state index in [4.69, 9.17) is 23.2 Å². The van der Waals surface area contributed by atoms with E-state index in [1.807, 2.05) is 48.5 Å². The van der Waals surface area contributed by atoms with E-state index >= 15 is 0 Å². The number of amides is 1. The molecule has 0 radical (unpaired) electrons. The monoisotopic (exact) mass is 513 g/mol. The standard InChI is InChI=1S/C29H37Cl2N3O/c1-6-19(7-2)17-33-27(35)26-25(20-9-8-10-23(31)15-20)29(18-32,21-11-13-22(30)14-12-21)24(34-26)16-28(3,4)5/h8-15,19,24-26,34H,6-7,16-17H2,1-5H3,(H,33,35). The van der Waals surface area contributed by atoms with Crippen molar-refractivity contribution in [3.8, 4) is 6.07 Å². The number of carbonyl (C=O) groups is 1. The van der Waals surface area contributed by atoms with E-state index in [9.17, 15) is 10.1 Å².